The van der Waals surface area contributed by atoms with Gasteiger partial charge in [0.05, 0.1) is 41.4 Å². The predicted molar refractivity (Wildman–Crippen MR) is 203 cm³/mol. The molecule has 2 aromatic carbocycles. The number of benzene rings is 2. The van der Waals surface area contributed by atoms with Crippen molar-refractivity contribution < 1.29 is 23.5 Å². The van der Waals surface area contributed by atoms with Crippen molar-refractivity contribution >= 4 is 28.5 Å². The highest BCUT2D eigenvalue weighted by molar-refractivity contribution is 5.95. The Balaban J connectivity index is 0.837. The Hall–Kier alpha value is -4.20. The number of carbonyl (C=O) groups is 3. The Morgan fingerprint density at radius 3 is 2.30 bits per heavy atom. The Kier molecular flexibility index (Phi) is 12.0. The predicted octanol–water partition coefficient (Wildman–Crippen LogP) is 3.71. The van der Waals surface area contributed by atoms with Gasteiger partial charge in [-0.2, -0.15) is 5.10 Å². The van der Waals surface area contributed by atoms with Crippen LogP contribution >= 0.6 is 0 Å². The number of aromatic nitrogens is 2. The normalized spacial score (nSPS) is 22.8. The molecule has 12 nitrogen and oxygen atoms in total. The quantitative estimate of drug-likeness (QED) is 0.338. The molecule has 1 aliphatic carbocycles. The van der Waals surface area contributed by atoms with Crippen molar-refractivity contribution in [3.63, 3.8) is 0 Å². The number of fused-ring (bicyclic) bond motifs is 1. The maximum Gasteiger partial charge on any atom is 0.272 e. The number of hydrogen-bond donors (Lipinski definition) is 2. The number of piperidine rings is 2. The zero-order chi connectivity index (χ0) is 37.8. The van der Waals surface area contributed by atoms with Gasteiger partial charge in [0, 0.05) is 63.7 Å². The zero-order valence-corrected chi connectivity index (χ0v) is 31.4. The molecule has 54 heavy (non-hydrogen) atoms. The highest BCUT2D eigenvalue weighted by atomic mass is 19.1. The number of piperazine rings is 1. The van der Waals surface area contributed by atoms with E-state index in [1.807, 2.05) is 17.0 Å². The van der Waals surface area contributed by atoms with Crippen molar-refractivity contribution in [2.45, 2.75) is 95.4 Å². The van der Waals surface area contributed by atoms with Crippen LogP contribution in [-0.4, -0.2) is 124 Å². The van der Waals surface area contributed by atoms with Gasteiger partial charge in [-0.1, -0.05) is 43.5 Å². The van der Waals surface area contributed by atoms with Crippen LogP contribution in [0, 0.1) is 11.7 Å². The standard InChI is InChI=1S/C41H54FN7O5/c1-27-23-31(15-18-49(27)41(53)38(43)29-7-3-2-4-8-29)54-30-13-16-46(17-14-30)26-37(50)47-19-21-48(22-20-47)40(52)34-24-28(11-12-35(34)42)25-36-32-9-5-6-10-33(32)39(51)45-44-36/h5-6,9-12,24,27,29-31,38H,2-4,7-8,13-23,25-26,43H2,1H3,(H,45,51)/t27-,31+,38-/m1/s1. The van der Waals surface area contributed by atoms with Crippen LogP contribution in [0.15, 0.2) is 47.3 Å². The summed E-state index contributed by atoms with van der Waals surface area (Å²) in [7, 11) is 0. The molecule has 4 aliphatic rings. The van der Waals surface area contributed by atoms with Crippen molar-refractivity contribution in [2.24, 2.45) is 11.7 Å². The minimum absolute atomic E-state index is 0.0153. The van der Waals surface area contributed by atoms with Crippen LogP contribution in [0.3, 0.4) is 0 Å². The van der Waals surface area contributed by atoms with Gasteiger partial charge in [0.25, 0.3) is 11.5 Å². The third-order valence-electron chi connectivity index (χ3n) is 12.2. The minimum Gasteiger partial charge on any atom is -0.375 e. The topological polar surface area (TPSA) is 145 Å². The van der Waals surface area contributed by atoms with E-state index in [9.17, 15) is 23.6 Å². The molecule has 0 radical (unpaired) electrons. The van der Waals surface area contributed by atoms with E-state index in [-0.39, 0.29) is 41.2 Å². The maximum absolute atomic E-state index is 15.0. The molecule has 1 aromatic heterocycles. The van der Waals surface area contributed by atoms with Crippen LogP contribution in [0.5, 0.6) is 0 Å². The molecule has 3 aromatic rings. The molecule has 4 heterocycles. The summed E-state index contributed by atoms with van der Waals surface area (Å²) in [4.78, 5) is 59.8. The summed E-state index contributed by atoms with van der Waals surface area (Å²) in [5, 5.41) is 7.98. The first kappa shape index (κ1) is 38.1. The number of hydrogen-bond acceptors (Lipinski definition) is 8. The lowest BCUT2D eigenvalue weighted by Gasteiger charge is -2.42. The third kappa shape index (κ3) is 8.68. The van der Waals surface area contributed by atoms with E-state index in [1.54, 1.807) is 34.1 Å². The molecule has 3 aliphatic heterocycles. The Labute approximate surface area is 316 Å². The molecule has 0 unspecified atom stereocenters. The van der Waals surface area contributed by atoms with Crippen LogP contribution in [0.1, 0.15) is 86.3 Å². The van der Waals surface area contributed by atoms with Gasteiger partial charge in [0.2, 0.25) is 11.8 Å². The second-order valence-corrected chi connectivity index (χ2v) is 15.8. The Bertz CT molecular complexity index is 1870. The number of rotatable bonds is 9. The smallest absolute Gasteiger partial charge is 0.272 e. The van der Waals surface area contributed by atoms with Crippen molar-refractivity contribution in [3.8, 4) is 0 Å². The van der Waals surface area contributed by atoms with Crippen molar-refractivity contribution in [1.29, 1.82) is 0 Å². The van der Waals surface area contributed by atoms with Gasteiger partial charge in [-0.3, -0.25) is 24.1 Å². The SMILES string of the molecule is C[C@@H]1C[C@@H](OC2CCN(CC(=O)N3CCN(C(=O)c4cc(Cc5n[nH]c(=O)c6ccccc56)ccc4F)CC3)CC2)CCN1C(=O)[C@H](N)C1CCCCC1. The van der Waals surface area contributed by atoms with E-state index < -0.39 is 17.8 Å². The summed E-state index contributed by atoms with van der Waals surface area (Å²) in [5.41, 5.74) is 7.50. The summed E-state index contributed by atoms with van der Waals surface area (Å²) < 4.78 is 21.5. The van der Waals surface area contributed by atoms with Gasteiger partial charge in [-0.15, -0.1) is 0 Å². The van der Waals surface area contributed by atoms with Crippen molar-refractivity contribution in [3.05, 3.63) is 75.5 Å². The number of ether oxygens (including phenoxy) is 1. The molecule has 7 rings (SSSR count). The lowest BCUT2D eigenvalue weighted by atomic mass is 9.83. The molecule has 3 saturated heterocycles. The zero-order valence-electron chi connectivity index (χ0n) is 31.4. The second-order valence-electron chi connectivity index (χ2n) is 15.8. The molecule has 3 amide bonds. The molecule has 3 atom stereocenters. The molecular formula is C41H54FN7O5. The molecule has 290 valence electrons. The number of aromatic amines is 1. The fraction of sp³-hybridized carbons (Fsp3) is 0.585. The van der Waals surface area contributed by atoms with Crippen LogP contribution in [0.25, 0.3) is 10.8 Å². The van der Waals surface area contributed by atoms with Crippen molar-refractivity contribution in [2.75, 3.05) is 52.4 Å². The number of H-pyrrole nitrogens is 1. The lowest BCUT2D eigenvalue weighted by molar-refractivity contribution is -0.142. The van der Waals surface area contributed by atoms with Gasteiger partial charge in [-0.05, 0) is 75.1 Å². The van der Waals surface area contributed by atoms with E-state index in [2.05, 4.69) is 22.0 Å². The largest absolute Gasteiger partial charge is 0.375 e. The van der Waals surface area contributed by atoms with Crippen LogP contribution in [0.2, 0.25) is 0 Å². The lowest BCUT2D eigenvalue weighted by Crippen LogP contribution is -2.55. The minimum atomic E-state index is -0.599. The number of likely N-dealkylation sites (tertiary alicyclic amines) is 2. The van der Waals surface area contributed by atoms with Crippen LogP contribution in [0.4, 0.5) is 4.39 Å². The monoisotopic (exact) mass is 743 g/mol. The van der Waals surface area contributed by atoms with E-state index >= 15 is 0 Å². The summed E-state index contributed by atoms with van der Waals surface area (Å²) >= 11 is 0. The van der Waals surface area contributed by atoms with E-state index in [0.29, 0.717) is 73.6 Å². The first-order valence-electron chi connectivity index (χ1n) is 19.9. The number of nitrogens with zero attached hydrogens (tertiary/aromatic N) is 5. The fourth-order valence-corrected chi connectivity index (χ4v) is 8.91. The fourth-order valence-electron chi connectivity index (χ4n) is 8.91. The van der Waals surface area contributed by atoms with E-state index in [1.165, 1.54) is 25.3 Å². The van der Waals surface area contributed by atoms with Crippen LogP contribution in [-0.2, 0) is 20.7 Å². The van der Waals surface area contributed by atoms with Gasteiger partial charge >= 0.3 is 0 Å². The van der Waals surface area contributed by atoms with Gasteiger partial charge in [0.15, 0.2) is 0 Å². The number of carbonyl (C=O) groups excluding carboxylic acids is 3. The van der Waals surface area contributed by atoms with Crippen LogP contribution < -0.4 is 11.3 Å². The molecule has 3 N–H and O–H groups in total. The summed E-state index contributed by atoms with van der Waals surface area (Å²) in [5.74, 6) is -0.561. The molecule has 0 bridgehead atoms. The Morgan fingerprint density at radius 2 is 1.57 bits per heavy atom. The highest BCUT2D eigenvalue weighted by Crippen LogP contribution is 2.29. The van der Waals surface area contributed by atoms with Gasteiger partial charge in [-0.25, -0.2) is 9.49 Å². The van der Waals surface area contributed by atoms with Gasteiger partial charge in [0.1, 0.15) is 5.82 Å². The van der Waals surface area contributed by atoms with Crippen molar-refractivity contribution in [1.82, 2.24) is 29.8 Å². The molecule has 0 spiro atoms. The number of nitrogens with one attached hydrogen (secondary N) is 1. The summed E-state index contributed by atoms with van der Waals surface area (Å²) in [6, 6.07) is 11.4. The average molecular weight is 744 g/mol. The molecule has 1 saturated carbocycles. The Morgan fingerprint density at radius 1 is 0.889 bits per heavy atom. The van der Waals surface area contributed by atoms with Gasteiger partial charge < -0.3 is 25.2 Å². The first-order chi connectivity index (χ1) is 26.1. The molecule has 13 heteroatoms. The number of halogens is 1. The number of nitrogens with two attached hydrogens (primary N) is 1. The molecule has 4 fully saturated rings. The highest BCUT2D eigenvalue weighted by Gasteiger charge is 2.36. The van der Waals surface area contributed by atoms with E-state index in [4.69, 9.17) is 10.5 Å². The summed E-state index contributed by atoms with van der Waals surface area (Å²) in [6.45, 7) is 6.11. The number of amides is 3. The molecular weight excluding hydrogens is 689 g/mol. The maximum atomic E-state index is 15.0. The van der Waals surface area contributed by atoms with E-state index in [0.717, 1.165) is 51.6 Å². The second kappa shape index (κ2) is 17.1. The summed E-state index contributed by atoms with van der Waals surface area (Å²) in [6.07, 6.45) is 9.63. The average Bonchev–Trinajstić information content (AvgIpc) is 3.20. The first-order valence-corrected chi connectivity index (χ1v) is 19.9. The third-order valence-corrected chi connectivity index (χ3v) is 12.2.